The summed E-state index contributed by atoms with van der Waals surface area (Å²) in [6.45, 7) is 10.7. The van der Waals surface area contributed by atoms with Crippen LogP contribution in [0.5, 0.6) is 0 Å². The fourth-order valence-electron chi connectivity index (χ4n) is 1.35. The highest BCUT2D eigenvalue weighted by Gasteiger charge is 2.20. The molecule has 0 radical (unpaired) electrons. The average Bonchev–Trinajstić information content (AvgIpc) is 2.10. The van der Waals surface area contributed by atoms with Crippen molar-refractivity contribution in [2.24, 2.45) is 5.92 Å². The zero-order valence-corrected chi connectivity index (χ0v) is 11.0. The molecule has 0 aliphatic heterocycles. The molecule has 0 aliphatic carbocycles. The Hall–Kier alpha value is -0.730. The van der Waals surface area contributed by atoms with Crippen LogP contribution in [0.4, 0.5) is 4.79 Å². The van der Waals surface area contributed by atoms with Crippen LogP contribution in [0.2, 0.25) is 0 Å². The van der Waals surface area contributed by atoms with Crippen molar-refractivity contribution < 1.29 is 9.53 Å². The molecule has 0 aromatic rings. The van der Waals surface area contributed by atoms with Crippen molar-refractivity contribution >= 4 is 6.09 Å². The number of hydrogen-bond donors (Lipinski definition) is 0. The van der Waals surface area contributed by atoms with Crippen molar-refractivity contribution in [3.8, 4) is 0 Å². The fraction of sp³-hybridized carbons (Fsp3) is 0.917. The molecule has 90 valence electrons. The van der Waals surface area contributed by atoms with Crippen LogP contribution in [0.1, 0.15) is 47.5 Å². The first-order valence-electron chi connectivity index (χ1n) is 5.74. The molecule has 0 aromatic carbocycles. The van der Waals surface area contributed by atoms with E-state index in [0.717, 1.165) is 19.4 Å². The summed E-state index contributed by atoms with van der Waals surface area (Å²) in [5.74, 6) is 0.572. The molecule has 0 heterocycles. The van der Waals surface area contributed by atoms with Gasteiger partial charge in [0.15, 0.2) is 0 Å². The third-order valence-corrected chi connectivity index (χ3v) is 2.39. The molecule has 3 heteroatoms. The summed E-state index contributed by atoms with van der Waals surface area (Å²) < 4.78 is 5.28. The van der Waals surface area contributed by atoms with E-state index >= 15 is 0 Å². The number of nitrogens with zero attached hydrogens (tertiary/aromatic N) is 1. The molecule has 0 atom stereocenters. The van der Waals surface area contributed by atoms with Crippen LogP contribution in [0.3, 0.4) is 0 Å². The van der Waals surface area contributed by atoms with Gasteiger partial charge in [0.2, 0.25) is 0 Å². The maximum absolute atomic E-state index is 11.6. The molecule has 0 saturated heterocycles. The van der Waals surface area contributed by atoms with Gasteiger partial charge in [-0.3, -0.25) is 0 Å². The summed E-state index contributed by atoms with van der Waals surface area (Å²) >= 11 is 0. The van der Waals surface area contributed by atoms with E-state index in [9.17, 15) is 4.79 Å². The molecule has 0 fully saturated rings. The molecule has 0 spiro atoms. The highest BCUT2D eigenvalue weighted by Crippen LogP contribution is 2.13. The third-order valence-electron chi connectivity index (χ3n) is 2.39. The van der Waals surface area contributed by atoms with Crippen molar-refractivity contribution in [3.63, 3.8) is 0 Å². The molecular weight excluding hydrogens is 190 g/mol. The highest BCUT2D eigenvalue weighted by molar-refractivity contribution is 5.67. The topological polar surface area (TPSA) is 29.5 Å². The Bertz CT molecular complexity index is 192. The van der Waals surface area contributed by atoms with Gasteiger partial charge in [-0.2, -0.15) is 0 Å². The highest BCUT2D eigenvalue weighted by atomic mass is 16.6. The first kappa shape index (κ1) is 14.3. The third kappa shape index (κ3) is 6.37. The number of carbonyl (C=O) groups is 1. The van der Waals surface area contributed by atoms with E-state index in [-0.39, 0.29) is 6.09 Å². The Morgan fingerprint density at radius 1 is 1.27 bits per heavy atom. The van der Waals surface area contributed by atoms with Crippen molar-refractivity contribution in [3.05, 3.63) is 0 Å². The van der Waals surface area contributed by atoms with Crippen LogP contribution < -0.4 is 0 Å². The number of rotatable bonds is 4. The van der Waals surface area contributed by atoms with Crippen molar-refractivity contribution in [1.82, 2.24) is 4.90 Å². The zero-order valence-electron chi connectivity index (χ0n) is 11.0. The molecule has 1 amide bonds. The lowest BCUT2D eigenvalue weighted by Crippen LogP contribution is -2.36. The number of hydrogen-bond acceptors (Lipinski definition) is 2. The van der Waals surface area contributed by atoms with Crippen LogP contribution in [0.15, 0.2) is 0 Å². The number of carbonyl (C=O) groups excluding carboxylic acids is 1. The van der Waals surface area contributed by atoms with E-state index in [4.69, 9.17) is 4.74 Å². The second-order valence-electron chi connectivity index (χ2n) is 5.04. The average molecular weight is 215 g/mol. The quantitative estimate of drug-likeness (QED) is 0.720. The van der Waals surface area contributed by atoms with E-state index in [1.54, 1.807) is 11.9 Å². The first-order chi connectivity index (χ1) is 6.80. The molecule has 0 rings (SSSR count). The summed E-state index contributed by atoms with van der Waals surface area (Å²) in [5, 5.41) is 0. The molecule has 0 aliphatic rings. The van der Waals surface area contributed by atoms with E-state index in [1.807, 2.05) is 20.8 Å². The Balaban J connectivity index is 4.09. The smallest absolute Gasteiger partial charge is 0.410 e. The van der Waals surface area contributed by atoms with Gasteiger partial charge in [0, 0.05) is 13.6 Å². The molecule has 0 unspecified atom stereocenters. The largest absolute Gasteiger partial charge is 0.444 e. The van der Waals surface area contributed by atoms with Gasteiger partial charge < -0.3 is 9.64 Å². The van der Waals surface area contributed by atoms with Gasteiger partial charge in [0.05, 0.1) is 0 Å². The minimum Gasteiger partial charge on any atom is -0.444 e. The van der Waals surface area contributed by atoms with Gasteiger partial charge in [0.1, 0.15) is 5.60 Å². The van der Waals surface area contributed by atoms with Crippen molar-refractivity contribution in [2.75, 3.05) is 13.6 Å². The zero-order chi connectivity index (χ0) is 12.1. The molecular formula is C12H25NO2. The van der Waals surface area contributed by atoms with Gasteiger partial charge in [-0.15, -0.1) is 0 Å². The normalized spacial score (nSPS) is 11.7. The molecule has 0 N–H and O–H groups in total. The Morgan fingerprint density at radius 3 is 2.07 bits per heavy atom. The van der Waals surface area contributed by atoms with Gasteiger partial charge in [-0.25, -0.2) is 4.79 Å². The SMILES string of the molecule is CCC(CC)CN(C)C(=O)OC(C)(C)C. The summed E-state index contributed by atoms with van der Waals surface area (Å²) in [6.07, 6.45) is 1.97. The predicted molar refractivity (Wildman–Crippen MR) is 62.9 cm³/mol. The minimum atomic E-state index is -0.404. The molecule has 0 bridgehead atoms. The molecule has 15 heavy (non-hydrogen) atoms. The van der Waals surface area contributed by atoms with Crippen LogP contribution in [-0.2, 0) is 4.74 Å². The van der Waals surface area contributed by atoms with E-state index in [0.29, 0.717) is 5.92 Å². The van der Waals surface area contributed by atoms with Gasteiger partial charge in [-0.1, -0.05) is 26.7 Å². The lowest BCUT2D eigenvalue weighted by molar-refractivity contribution is 0.0271. The van der Waals surface area contributed by atoms with Gasteiger partial charge >= 0.3 is 6.09 Å². The fourth-order valence-corrected chi connectivity index (χ4v) is 1.35. The summed E-state index contributed by atoms with van der Waals surface area (Å²) in [5.41, 5.74) is -0.404. The summed E-state index contributed by atoms with van der Waals surface area (Å²) in [6, 6.07) is 0. The standard InChI is InChI=1S/C12H25NO2/c1-7-10(8-2)9-13(6)11(14)15-12(3,4)5/h10H,7-9H2,1-6H3. The molecule has 0 saturated carbocycles. The Labute approximate surface area is 93.8 Å². The summed E-state index contributed by atoms with van der Waals surface area (Å²) in [7, 11) is 1.80. The molecule has 0 aromatic heterocycles. The van der Waals surface area contributed by atoms with Crippen LogP contribution in [-0.4, -0.2) is 30.2 Å². The van der Waals surface area contributed by atoms with Crippen LogP contribution >= 0.6 is 0 Å². The maximum atomic E-state index is 11.6. The van der Waals surface area contributed by atoms with Crippen molar-refractivity contribution in [2.45, 2.75) is 53.1 Å². The van der Waals surface area contributed by atoms with Gasteiger partial charge in [-0.05, 0) is 26.7 Å². The Morgan fingerprint density at radius 2 is 1.73 bits per heavy atom. The second kappa shape index (κ2) is 5.99. The number of ether oxygens (including phenoxy) is 1. The summed E-state index contributed by atoms with van der Waals surface area (Å²) in [4.78, 5) is 13.3. The molecule has 3 nitrogen and oxygen atoms in total. The van der Waals surface area contributed by atoms with Crippen LogP contribution in [0, 0.1) is 5.92 Å². The van der Waals surface area contributed by atoms with E-state index in [2.05, 4.69) is 13.8 Å². The minimum absolute atomic E-state index is 0.227. The Kier molecular flexibility index (Phi) is 5.69. The van der Waals surface area contributed by atoms with Gasteiger partial charge in [0.25, 0.3) is 0 Å². The lowest BCUT2D eigenvalue weighted by atomic mass is 10.0. The predicted octanol–water partition coefficient (Wildman–Crippen LogP) is 3.29. The van der Waals surface area contributed by atoms with Crippen molar-refractivity contribution in [1.29, 1.82) is 0 Å². The van der Waals surface area contributed by atoms with E-state index < -0.39 is 5.60 Å². The van der Waals surface area contributed by atoms with E-state index in [1.165, 1.54) is 0 Å². The van der Waals surface area contributed by atoms with Crippen LogP contribution in [0.25, 0.3) is 0 Å². The second-order valence-corrected chi connectivity index (χ2v) is 5.04. The number of amides is 1. The lowest BCUT2D eigenvalue weighted by Gasteiger charge is -2.26. The maximum Gasteiger partial charge on any atom is 0.410 e. The first-order valence-corrected chi connectivity index (χ1v) is 5.74. The monoisotopic (exact) mass is 215 g/mol.